The van der Waals surface area contributed by atoms with Crippen molar-refractivity contribution in [2.24, 2.45) is 0 Å². The van der Waals surface area contributed by atoms with E-state index >= 15 is 0 Å². The third-order valence-corrected chi connectivity index (χ3v) is 2.66. The van der Waals surface area contributed by atoms with E-state index in [1.54, 1.807) is 18.6 Å². The molecule has 1 aromatic heterocycles. The maximum atomic E-state index is 13.1. The van der Waals surface area contributed by atoms with Crippen LogP contribution in [0.5, 0.6) is 5.75 Å². The van der Waals surface area contributed by atoms with E-state index in [4.69, 9.17) is 4.74 Å². The highest BCUT2D eigenvalue weighted by atomic mass is 19.1. The molecule has 0 spiro atoms. The molecule has 0 bridgehead atoms. The predicted molar refractivity (Wildman–Crippen MR) is 63.4 cm³/mol. The second-order valence-corrected chi connectivity index (χ2v) is 3.87. The zero-order valence-electron chi connectivity index (χ0n) is 9.98. The SMILES string of the molecule is CCn1cncc1COc1cc(F)ccc1C. The molecule has 4 heteroatoms. The number of hydrogen-bond donors (Lipinski definition) is 0. The lowest BCUT2D eigenvalue weighted by molar-refractivity contribution is 0.292. The maximum Gasteiger partial charge on any atom is 0.130 e. The molecule has 0 radical (unpaired) electrons. The molecule has 0 fully saturated rings. The molecule has 0 atom stereocenters. The minimum absolute atomic E-state index is 0.283. The summed E-state index contributed by atoms with van der Waals surface area (Å²) in [7, 11) is 0. The van der Waals surface area contributed by atoms with Gasteiger partial charge in [0.05, 0.1) is 18.2 Å². The molecule has 90 valence electrons. The van der Waals surface area contributed by atoms with Crippen LogP contribution in [0.1, 0.15) is 18.2 Å². The van der Waals surface area contributed by atoms with Gasteiger partial charge in [-0.05, 0) is 25.5 Å². The highest BCUT2D eigenvalue weighted by Gasteiger charge is 2.04. The summed E-state index contributed by atoms with van der Waals surface area (Å²) in [5.41, 5.74) is 1.91. The third-order valence-electron chi connectivity index (χ3n) is 2.66. The molecule has 0 aliphatic heterocycles. The van der Waals surface area contributed by atoms with E-state index in [9.17, 15) is 4.39 Å². The van der Waals surface area contributed by atoms with Crippen LogP contribution in [0.15, 0.2) is 30.7 Å². The molecule has 0 N–H and O–H groups in total. The van der Waals surface area contributed by atoms with Gasteiger partial charge in [-0.15, -0.1) is 0 Å². The lowest BCUT2D eigenvalue weighted by atomic mass is 10.2. The molecule has 1 heterocycles. The first-order valence-corrected chi connectivity index (χ1v) is 5.58. The summed E-state index contributed by atoms with van der Waals surface area (Å²) in [6.45, 7) is 5.18. The van der Waals surface area contributed by atoms with Gasteiger partial charge in [-0.1, -0.05) is 6.07 Å². The second-order valence-electron chi connectivity index (χ2n) is 3.87. The van der Waals surface area contributed by atoms with Gasteiger partial charge in [-0.3, -0.25) is 0 Å². The molecular formula is C13H15FN2O. The average Bonchev–Trinajstić information content (AvgIpc) is 2.77. The van der Waals surface area contributed by atoms with E-state index in [1.807, 2.05) is 18.4 Å². The normalized spacial score (nSPS) is 10.5. The van der Waals surface area contributed by atoms with Gasteiger partial charge in [0.25, 0.3) is 0 Å². The number of halogens is 1. The Morgan fingerprint density at radius 1 is 1.41 bits per heavy atom. The molecule has 3 nitrogen and oxygen atoms in total. The van der Waals surface area contributed by atoms with Crippen molar-refractivity contribution in [1.29, 1.82) is 0 Å². The van der Waals surface area contributed by atoms with Crippen LogP contribution in [-0.4, -0.2) is 9.55 Å². The third kappa shape index (κ3) is 2.64. The fourth-order valence-electron chi connectivity index (χ4n) is 1.63. The molecule has 0 saturated carbocycles. The summed E-state index contributed by atoms with van der Waals surface area (Å²) in [4.78, 5) is 4.05. The number of benzene rings is 1. The standard InChI is InChI=1S/C13H15FN2O/c1-3-16-9-15-7-12(16)8-17-13-6-11(14)5-4-10(13)2/h4-7,9H,3,8H2,1-2H3. The highest BCUT2D eigenvalue weighted by Crippen LogP contribution is 2.19. The molecule has 1 aromatic carbocycles. The first kappa shape index (κ1) is 11.6. The van der Waals surface area contributed by atoms with Crippen molar-refractivity contribution >= 4 is 0 Å². The van der Waals surface area contributed by atoms with Crippen LogP contribution in [-0.2, 0) is 13.2 Å². The number of aryl methyl sites for hydroxylation is 2. The summed E-state index contributed by atoms with van der Waals surface area (Å²) in [5.74, 6) is 0.295. The van der Waals surface area contributed by atoms with Crippen molar-refractivity contribution in [2.75, 3.05) is 0 Å². The summed E-state index contributed by atoms with van der Waals surface area (Å²) >= 11 is 0. The number of hydrogen-bond acceptors (Lipinski definition) is 2. The average molecular weight is 234 g/mol. The molecule has 2 aromatic rings. The fourth-order valence-corrected chi connectivity index (χ4v) is 1.63. The van der Waals surface area contributed by atoms with Crippen molar-refractivity contribution in [1.82, 2.24) is 9.55 Å². The number of ether oxygens (including phenoxy) is 1. The van der Waals surface area contributed by atoms with Gasteiger partial charge in [-0.25, -0.2) is 9.37 Å². The smallest absolute Gasteiger partial charge is 0.130 e. The quantitative estimate of drug-likeness (QED) is 0.813. The Labute approximate surface area is 99.9 Å². The Morgan fingerprint density at radius 2 is 2.24 bits per heavy atom. The minimum atomic E-state index is -0.283. The van der Waals surface area contributed by atoms with Crippen LogP contribution < -0.4 is 4.74 Å². The lowest BCUT2D eigenvalue weighted by Crippen LogP contribution is -2.04. The van der Waals surface area contributed by atoms with E-state index in [1.165, 1.54) is 12.1 Å². The van der Waals surface area contributed by atoms with Crippen molar-refractivity contribution in [3.05, 3.63) is 47.8 Å². The van der Waals surface area contributed by atoms with Gasteiger partial charge in [0.15, 0.2) is 0 Å². The monoisotopic (exact) mass is 234 g/mol. The van der Waals surface area contributed by atoms with E-state index in [2.05, 4.69) is 4.98 Å². The molecule has 0 saturated heterocycles. The van der Waals surface area contributed by atoms with Crippen LogP contribution in [0.4, 0.5) is 4.39 Å². The van der Waals surface area contributed by atoms with Gasteiger partial charge < -0.3 is 9.30 Å². The maximum absolute atomic E-state index is 13.1. The summed E-state index contributed by atoms with van der Waals surface area (Å²) in [5, 5.41) is 0. The Bertz CT molecular complexity index is 508. The summed E-state index contributed by atoms with van der Waals surface area (Å²) in [6.07, 6.45) is 3.52. The van der Waals surface area contributed by atoms with Crippen molar-refractivity contribution in [3.8, 4) is 5.75 Å². The van der Waals surface area contributed by atoms with Crippen LogP contribution in [0.3, 0.4) is 0 Å². The van der Waals surface area contributed by atoms with Crippen molar-refractivity contribution in [3.63, 3.8) is 0 Å². The molecule has 2 rings (SSSR count). The van der Waals surface area contributed by atoms with Gasteiger partial charge in [0.2, 0.25) is 0 Å². The second kappa shape index (κ2) is 4.99. The van der Waals surface area contributed by atoms with Crippen LogP contribution >= 0.6 is 0 Å². The van der Waals surface area contributed by atoms with Gasteiger partial charge in [0.1, 0.15) is 18.2 Å². The number of imidazole rings is 1. The first-order valence-electron chi connectivity index (χ1n) is 5.58. The first-order chi connectivity index (χ1) is 8.20. The fraction of sp³-hybridized carbons (Fsp3) is 0.308. The van der Waals surface area contributed by atoms with Gasteiger partial charge in [0, 0.05) is 12.6 Å². The molecule has 0 amide bonds. The zero-order valence-corrected chi connectivity index (χ0v) is 9.98. The number of nitrogens with zero attached hydrogens (tertiary/aromatic N) is 2. The number of rotatable bonds is 4. The zero-order chi connectivity index (χ0) is 12.3. The van der Waals surface area contributed by atoms with Gasteiger partial charge >= 0.3 is 0 Å². The molecule has 0 aliphatic rings. The van der Waals surface area contributed by atoms with Crippen molar-refractivity contribution in [2.45, 2.75) is 27.0 Å². The van der Waals surface area contributed by atoms with Crippen LogP contribution in [0.2, 0.25) is 0 Å². The summed E-state index contributed by atoms with van der Waals surface area (Å²) < 4.78 is 20.7. The van der Waals surface area contributed by atoms with Crippen LogP contribution in [0, 0.1) is 12.7 Å². The molecular weight excluding hydrogens is 219 g/mol. The largest absolute Gasteiger partial charge is 0.487 e. The Morgan fingerprint density at radius 3 is 3.00 bits per heavy atom. The molecule has 0 unspecified atom stereocenters. The Kier molecular flexibility index (Phi) is 3.42. The van der Waals surface area contributed by atoms with E-state index in [0.29, 0.717) is 12.4 Å². The Balaban J connectivity index is 2.09. The molecule has 0 aliphatic carbocycles. The van der Waals surface area contributed by atoms with E-state index < -0.39 is 0 Å². The van der Waals surface area contributed by atoms with Crippen LogP contribution in [0.25, 0.3) is 0 Å². The predicted octanol–water partition coefficient (Wildman–Crippen LogP) is 2.93. The molecule has 17 heavy (non-hydrogen) atoms. The Hall–Kier alpha value is -1.84. The summed E-state index contributed by atoms with van der Waals surface area (Å²) in [6, 6.07) is 4.54. The highest BCUT2D eigenvalue weighted by molar-refractivity contribution is 5.32. The lowest BCUT2D eigenvalue weighted by Gasteiger charge is -2.10. The minimum Gasteiger partial charge on any atom is -0.487 e. The number of aromatic nitrogens is 2. The van der Waals surface area contributed by atoms with E-state index in [0.717, 1.165) is 17.8 Å². The van der Waals surface area contributed by atoms with Gasteiger partial charge in [-0.2, -0.15) is 0 Å². The topological polar surface area (TPSA) is 27.1 Å². The van der Waals surface area contributed by atoms with Crippen molar-refractivity contribution < 1.29 is 9.13 Å². The van der Waals surface area contributed by atoms with E-state index in [-0.39, 0.29) is 5.82 Å².